The van der Waals surface area contributed by atoms with Crippen LogP contribution in [-0.4, -0.2) is 66.8 Å². The van der Waals surface area contributed by atoms with Gasteiger partial charge in [0.2, 0.25) is 15.9 Å². The average molecular weight is 427 g/mol. The number of imidazole rings is 1. The summed E-state index contributed by atoms with van der Waals surface area (Å²) in [5.74, 6) is 0.250. The lowest BCUT2D eigenvalue weighted by molar-refractivity contribution is -0.118. The Bertz CT molecular complexity index is 936. The molecule has 1 aromatic carbocycles. The maximum absolute atomic E-state index is 12.9. The number of carbonyl (C=O) groups excluding carboxylic acids is 1. The van der Waals surface area contributed by atoms with E-state index in [0.29, 0.717) is 50.1 Å². The van der Waals surface area contributed by atoms with Gasteiger partial charge in [0.05, 0.1) is 34.9 Å². The molecule has 0 unspecified atom stereocenters. The van der Waals surface area contributed by atoms with E-state index in [1.165, 1.54) is 16.1 Å². The van der Waals surface area contributed by atoms with Crippen molar-refractivity contribution in [1.29, 1.82) is 0 Å². The summed E-state index contributed by atoms with van der Waals surface area (Å²) in [7, 11) is -3.57. The van der Waals surface area contributed by atoms with Crippen LogP contribution < -0.4 is 5.32 Å². The third kappa shape index (κ3) is 4.51. The molecular formula is C18H26N4O4S2. The molecule has 154 valence electrons. The number of sulfonamides is 1. The van der Waals surface area contributed by atoms with Gasteiger partial charge in [0.25, 0.3) is 0 Å². The Kier molecular flexibility index (Phi) is 6.97. The van der Waals surface area contributed by atoms with Crippen LogP contribution in [0.5, 0.6) is 0 Å². The highest BCUT2D eigenvalue weighted by atomic mass is 32.2. The van der Waals surface area contributed by atoms with Crippen LogP contribution in [0.3, 0.4) is 0 Å². The lowest BCUT2D eigenvalue weighted by Crippen LogP contribution is -2.40. The molecule has 1 fully saturated rings. The summed E-state index contributed by atoms with van der Waals surface area (Å²) in [6.07, 6.45) is 0.893. The van der Waals surface area contributed by atoms with Crippen molar-refractivity contribution >= 4 is 38.7 Å². The molecule has 1 aliphatic heterocycles. The monoisotopic (exact) mass is 426 g/mol. The Morgan fingerprint density at radius 1 is 1.29 bits per heavy atom. The molecule has 0 atom stereocenters. The van der Waals surface area contributed by atoms with Gasteiger partial charge >= 0.3 is 0 Å². The number of carbonyl (C=O) groups is 1. The normalized spacial score (nSPS) is 15.8. The number of rotatable bonds is 8. The largest absolute Gasteiger partial charge is 0.379 e. The van der Waals surface area contributed by atoms with Gasteiger partial charge < -0.3 is 14.6 Å². The summed E-state index contributed by atoms with van der Waals surface area (Å²) in [5.41, 5.74) is 1.48. The highest BCUT2D eigenvalue weighted by Crippen LogP contribution is 2.27. The number of amides is 1. The van der Waals surface area contributed by atoms with E-state index in [1.807, 2.05) is 18.4 Å². The Hall–Kier alpha value is -1.62. The molecular weight excluding hydrogens is 400 g/mol. The molecule has 28 heavy (non-hydrogen) atoms. The fourth-order valence-corrected chi connectivity index (χ4v) is 5.38. The average Bonchev–Trinajstić information content (AvgIpc) is 3.08. The highest BCUT2D eigenvalue weighted by molar-refractivity contribution is 7.99. The van der Waals surface area contributed by atoms with Gasteiger partial charge in [-0.1, -0.05) is 18.7 Å². The minimum atomic E-state index is -3.57. The predicted molar refractivity (Wildman–Crippen MR) is 109 cm³/mol. The molecule has 0 saturated carbocycles. The number of aryl methyl sites for hydroxylation is 1. The lowest BCUT2D eigenvalue weighted by Gasteiger charge is -2.26. The zero-order valence-corrected chi connectivity index (χ0v) is 17.8. The van der Waals surface area contributed by atoms with E-state index in [4.69, 9.17) is 4.74 Å². The lowest BCUT2D eigenvalue weighted by atomic mass is 10.3. The van der Waals surface area contributed by atoms with Gasteiger partial charge in [-0.3, -0.25) is 4.79 Å². The summed E-state index contributed by atoms with van der Waals surface area (Å²) in [6, 6.07) is 5.04. The maximum atomic E-state index is 12.9. The second kappa shape index (κ2) is 9.25. The summed E-state index contributed by atoms with van der Waals surface area (Å²) in [6.45, 7) is 6.89. The zero-order valence-electron chi connectivity index (χ0n) is 16.2. The van der Waals surface area contributed by atoms with E-state index in [9.17, 15) is 13.2 Å². The summed E-state index contributed by atoms with van der Waals surface area (Å²) in [4.78, 5) is 16.7. The molecule has 1 aliphatic rings. The molecule has 0 radical (unpaired) electrons. The smallest absolute Gasteiger partial charge is 0.243 e. The maximum Gasteiger partial charge on any atom is 0.243 e. The second-order valence-electron chi connectivity index (χ2n) is 6.44. The third-order valence-electron chi connectivity index (χ3n) is 4.51. The molecule has 8 nitrogen and oxygen atoms in total. The van der Waals surface area contributed by atoms with Gasteiger partial charge in [-0.2, -0.15) is 4.31 Å². The number of ether oxygens (including phenoxy) is 1. The Morgan fingerprint density at radius 2 is 2.04 bits per heavy atom. The summed E-state index contributed by atoms with van der Waals surface area (Å²) >= 11 is 1.36. The van der Waals surface area contributed by atoms with E-state index in [1.54, 1.807) is 18.2 Å². The molecule has 0 aliphatic carbocycles. The highest BCUT2D eigenvalue weighted by Gasteiger charge is 2.27. The predicted octanol–water partition coefficient (Wildman–Crippen LogP) is 1.70. The first-order valence-electron chi connectivity index (χ1n) is 9.45. The quantitative estimate of drug-likeness (QED) is 0.646. The van der Waals surface area contributed by atoms with Gasteiger partial charge in [0.1, 0.15) is 0 Å². The van der Waals surface area contributed by atoms with Gasteiger partial charge in [-0.25, -0.2) is 13.4 Å². The number of benzene rings is 1. The fourth-order valence-electron chi connectivity index (χ4n) is 3.05. The molecule has 1 aromatic heterocycles. The Labute approximate surface area is 169 Å². The molecule has 1 amide bonds. The molecule has 3 rings (SSSR count). The molecule has 1 saturated heterocycles. The molecule has 0 spiro atoms. The number of nitrogens with one attached hydrogen (secondary N) is 1. The van der Waals surface area contributed by atoms with Crippen molar-refractivity contribution in [3.63, 3.8) is 0 Å². The zero-order chi connectivity index (χ0) is 20.1. The SMILES string of the molecule is CCCNC(=O)CSc1nc2cc(S(=O)(=O)N3CCOCC3)ccc2n1CC. The molecule has 10 heteroatoms. The van der Waals surface area contributed by atoms with Gasteiger partial charge in [-0.15, -0.1) is 0 Å². The Balaban J connectivity index is 1.85. The summed E-state index contributed by atoms with van der Waals surface area (Å²) in [5, 5.41) is 3.56. The van der Waals surface area contributed by atoms with Crippen LogP contribution in [0.1, 0.15) is 20.3 Å². The molecule has 2 aromatic rings. The van der Waals surface area contributed by atoms with E-state index < -0.39 is 10.0 Å². The topological polar surface area (TPSA) is 93.5 Å². The number of thioether (sulfide) groups is 1. The molecule has 1 N–H and O–H groups in total. The van der Waals surface area contributed by atoms with Crippen molar-refractivity contribution in [2.45, 2.75) is 36.9 Å². The first-order chi connectivity index (χ1) is 13.5. The van der Waals surface area contributed by atoms with Crippen LogP contribution in [-0.2, 0) is 26.1 Å². The number of hydrogen-bond donors (Lipinski definition) is 1. The van der Waals surface area contributed by atoms with E-state index in [2.05, 4.69) is 10.3 Å². The molecule has 0 bridgehead atoms. The van der Waals surface area contributed by atoms with E-state index in [0.717, 1.165) is 11.9 Å². The van der Waals surface area contributed by atoms with Crippen LogP contribution in [0.15, 0.2) is 28.3 Å². The van der Waals surface area contributed by atoms with E-state index in [-0.39, 0.29) is 16.6 Å². The number of hydrogen-bond acceptors (Lipinski definition) is 6. The number of morpholine rings is 1. The van der Waals surface area contributed by atoms with E-state index >= 15 is 0 Å². The number of aromatic nitrogens is 2. The minimum Gasteiger partial charge on any atom is -0.379 e. The standard InChI is InChI=1S/C18H26N4O4S2/c1-3-7-19-17(23)13-27-18-20-15-12-14(5-6-16(15)22(18)4-2)28(24,25)21-8-10-26-11-9-21/h5-6,12H,3-4,7-11,13H2,1-2H3,(H,19,23). The van der Waals surface area contributed by atoms with Crippen LogP contribution in [0.25, 0.3) is 11.0 Å². The first kappa shape index (κ1) is 21.1. The van der Waals surface area contributed by atoms with Crippen molar-refractivity contribution in [2.24, 2.45) is 0 Å². The number of nitrogens with zero attached hydrogens (tertiary/aromatic N) is 3. The van der Waals surface area contributed by atoms with Gasteiger partial charge in [-0.05, 0) is 31.5 Å². The number of fused-ring (bicyclic) bond motifs is 1. The van der Waals surface area contributed by atoms with Crippen molar-refractivity contribution in [3.05, 3.63) is 18.2 Å². The van der Waals surface area contributed by atoms with Crippen LogP contribution in [0.4, 0.5) is 0 Å². The second-order valence-corrected chi connectivity index (χ2v) is 9.32. The van der Waals surface area contributed by atoms with Crippen molar-refractivity contribution in [2.75, 3.05) is 38.6 Å². The third-order valence-corrected chi connectivity index (χ3v) is 7.38. The van der Waals surface area contributed by atoms with Crippen LogP contribution in [0.2, 0.25) is 0 Å². The van der Waals surface area contributed by atoms with Crippen molar-refractivity contribution in [1.82, 2.24) is 19.2 Å². The summed E-state index contributed by atoms with van der Waals surface area (Å²) < 4.78 is 34.5. The van der Waals surface area contributed by atoms with Crippen LogP contribution >= 0.6 is 11.8 Å². The minimum absolute atomic E-state index is 0.0304. The Morgan fingerprint density at radius 3 is 2.71 bits per heavy atom. The van der Waals surface area contributed by atoms with Crippen molar-refractivity contribution in [3.8, 4) is 0 Å². The first-order valence-corrected chi connectivity index (χ1v) is 11.9. The molecule has 2 heterocycles. The van der Waals surface area contributed by atoms with Crippen molar-refractivity contribution < 1.29 is 17.9 Å². The van der Waals surface area contributed by atoms with Gasteiger partial charge in [0.15, 0.2) is 5.16 Å². The fraction of sp³-hybridized carbons (Fsp3) is 0.556. The van der Waals surface area contributed by atoms with Crippen LogP contribution in [0, 0.1) is 0 Å². The van der Waals surface area contributed by atoms with Gasteiger partial charge in [0, 0.05) is 26.2 Å².